The summed E-state index contributed by atoms with van der Waals surface area (Å²) in [7, 11) is -2.24. The molecule has 1 saturated heterocycles. The highest BCUT2D eigenvalue weighted by atomic mass is 32.2. The summed E-state index contributed by atoms with van der Waals surface area (Å²) in [5.74, 6) is 0.320. The molecule has 3 rings (SSSR count). The summed E-state index contributed by atoms with van der Waals surface area (Å²) >= 11 is 0. The standard InChI is InChI=1S/C18H20N2O4S/c1-13-4-3-5-16(12-13)25(22,23)20-11-10-19-18(21)17(20)14-6-8-15(24-2)9-7-14/h3-9,12,17H,10-11H2,1-2H3,(H,19,21). The zero-order chi connectivity index (χ0) is 18.0. The van der Waals surface area contributed by atoms with Crippen molar-refractivity contribution in [3.63, 3.8) is 0 Å². The predicted octanol–water partition coefficient (Wildman–Crippen LogP) is 1.87. The topological polar surface area (TPSA) is 75.7 Å². The second kappa shape index (κ2) is 6.85. The van der Waals surface area contributed by atoms with Crippen LogP contribution in [0.25, 0.3) is 0 Å². The summed E-state index contributed by atoms with van der Waals surface area (Å²) in [4.78, 5) is 12.7. The second-order valence-electron chi connectivity index (χ2n) is 5.90. The number of piperazine rings is 1. The molecule has 25 heavy (non-hydrogen) atoms. The van der Waals surface area contributed by atoms with E-state index in [9.17, 15) is 13.2 Å². The maximum Gasteiger partial charge on any atom is 0.244 e. The van der Waals surface area contributed by atoms with Gasteiger partial charge in [0.1, 0.15) is 11.8 Å². The van der Waals surface area contributed by atoms with Crippen LogP contribution in [0, 0.1) is 6.92 Å². The number of rotatable bonds is 4. The molecule has 1 atom stereocenters. The summed E-state index contributed by atoms with van der Waals surface area (Å²) in [5, 5.41) is 2.75. The number of hydrogen-bond donors (Lipinski definition) is 1. The van der Waals surface area contributed by atoms with E-state index >= 15 is 0 Å². The quantitative estimate of drug-likeness (QED) is 0.903. The maximum atomic E-state index is 13.1. The molecule has 1 heterocycles. The Hall–Kier alpha value is -2.38. The van der Waals surface area contributed by atoms with E-state index in [1.807, 2.05) is 13.0 Å². The zero-order valence-electron chi connectivity index (χ0n) is 14.1. The van der Waals surface area contributed by atoms with E-state index in [2.05, 4.69) is 5.32 Å². The number of benzene rings is 2. The van der Waals surface area contributed by atoms with Gasteiger partial charge in [0.25, 0.3) is 0 Å². The van der Waals surface area contributed by atoms with Gasteiger partial charge in [-0.1, -0.05) is 24.3 Å². The lowest BCUT2D eigenvalue weighted by atomic mass is 10.0. The van der Waals surface area contributed by atoms with E-state index < -0.39 is 16.1 Å². The summed E-state index contributed by atoms with van der Waals surface area (Å²) in [6.07, 6.45) is 0. The van der Waals surface area contributed by atoms with Crippen LogP contribution in [0.2, 0.25) is 0 Å². The molecule has 0 spiro atoms. The molecule has 6 nitrogen and oxygen atoms in total. The molecule has 1 aliphatic heterocycles. The molecule has 1 fully saturated rings. The molecule has 2 aromatic rings. The number of sulfonamides is 1. The summed E-state index contributed by atoms with van der Waals surface area (Å²) < 4.78 is 32.6. The van der Waals surface area contributed by atoms with Crippen molar-refractivity contribution < 1.29 is 17.9 Å². The molecule has 1 amide bonds. The van der Waals surface area contributed by atoms with Crippen LogP contribution in [-0.4, -0.2) is 38.8 Å². The first-order valence-corrected chi connectivity index (χ1v) is 9.37. The largest absolute Gasteiger partial charge is 0.497 e. The maximum absolute atomic E-state index is 13.1. The van der Waals surface area contributed by atoms with Gasteiger partial charge in [0, 0.05) is 13.1 Å². The smallest absolute Gasteiger partial charge is 0.244 e. The molecule has 2 aromatic carbocycles. The lowest BCUT2D eigenvalue weighted by Crippen LogP contribution is -2.52. The average molecular weight is 360 g/mol. The summed E-state index contributed by atoms with van der Waals surface area (Å²) in [6.45, 7) is 2.35. The molecule has 0 radical (unpaired) electrons. The van der Waals surface area contributed by atoms with Crippen LogP contribution in [0.4, 0.5) is 0 Å². The zero-order valence-corrected chi connectivity index (χ0v) is 14.9. The molecule has 1 unspecified atom stereocenters. The van der Waals surface area contributed by atoms with Crippen molar-refractivity contribution in [2.45, 2.75) is 17.9 Å². The molecule has 0 bridgehead atoms. The number of carbonyl (C=O) groups is 1. The molecule has 0 saturated carbocycles. The molecule has 1 aliphatic rings. The van der Waals surface area contributed by atoms with Crippen molar-refractivity contribution in [1.29, 1.82) is 0 Å². The van der Waals surface area contributed by atoms with Gasteiger partial charge in [0.05, 0.1) is 12.0 Å². The number of nitrogens with one attached hydrogen (secondary N) is 1. The van der Waals surface area contributed by atoms with E-state index in [0.29, 0.717) is 11.3 Å². The average Bonchev–Trinajstić information content (AvgIpc) is 2.61. The normalized spacial score (nSPS) is 18.6. The van der Waals surface area contributed by atoms with Gasteiger partial charge in [0.15, 0.2) is 0 Å². The monoisotopic (exact) mass is 360 g/mol. The summed E-state index contributed by atoms with van der Waals surface area (Å²) in [6, 6.07) is 12.7. The van der Waals surface area contributed by atoms with Crippen molar-refractivity contribution in [3.8, 4) is 5.75 Å². The van der Waals surface area contributed by atoms with Gasteiger partial charge in [-0.15, -0.1) is 0 Å². The number of ether oxygens (including phenoxy) is 1. The van der Waals surface area contributed by atoms with Crippen molar-refractivity contribution in [2.75, 3.05) is 20.2 Å². The van der Waals surface area contributed by atoms with Gasteiger partial charge in [-0.25, -0.2) is 8.42 Å². The minimum absolute atomic E-state index is 0.195. The summed E-state index contributed by atoms with van der Waals surface area (Å²) in [5.41, 5.74) is 1.46. The molecule has 0 aromatic heterocycles. The minimum Gasteiger partial charge on any atom is -0.497 e. The first-order chi connectivity index (χ1) is 11.9. The Bertz CT molecular complexity index is 878. The van der Waals surface area contributed by atoms with Crippen molar-refractivity contribution in [1.82, 2.24) is 9.62 Å². The third-order valence-corrected chi connectivity index (χ3v) is 6.06. The van der Waals surface area contributed by atoms with Crippen LogP contribution >= 0.6 is 0 Å². The highest BCUT2D eigenvalue weighted by Crippen LogP contribution is 2.30. The van der Waals surface area contributed by atoms with Gasteiger partial charge in [-0.2, -0.15) is 4.31 Å². The third kappa shape index (κ3) is 3.38. The molecule has 1 N–H and O–H groups in total. The minimum atomic E-state index is -3.79. The van der Waals surface area contributed by atoms with Gasteiger partial charge >= 0.3 is 0 Å². The van der Waals surface area contributed by atoms with Crippen LogP contribution in [0.1, 0.15) is 17.2 Å². The first-order valence-electron chi connectivity index (χ1n) is 7.93. The Kier molecular flexibility index (Phi) is 4.78. The second-order valence-corrected chi connectivity index (χ2v) is 7.79. The number of nitrogens with zero attached hydrogens (tertiary/aromatic N) is 1. The van der Waals surface area contributed by atoms with Crippen molar-refractivity contribution in [2.24, 2.45) is 0 Å². The Morgan fingerprint density at radius 3 is 2.52 bits per heavy atom. The van der Waals surface area contributed by atoms with Gasteiger partial charge in [-0.05, 0) is 42.3 Å². The number of aryl methyl sites for hydroxylation is 1. The van der Waals surface area contributed by atoms with E-state index in [1.54, 1.807) is 49.6 Å². The fourth-order valence-electron chi connectivity index (χ4n) is 2.92. The van der Waals surface area contributed by atoms with E-state index in [4.69, 9.17) is 4.74 Å². The molecule has 0 aliphatic carbocycles. The van der Waals surface area contributed by atoms with Crippen molar-refractivity contribution in [3.05, 3.63) is 59.7 Å². The SMILES string of the molecule is COc1ccc(C2C(=O)NCCN2S(=O)(=O)c2cccc(C)c2)cc1. The lowest BCUT2D eigenvalue weighted by molar-refractivity contribution is -0.126. The lowest BCUT2D eigenvalue weighted by Gasteiger charge is -2.34. The van der Waals surface area contributed by atoms with Crippen LogP contribution in [0.5, 0.6) is 5.75 Å². The Morgan fingerprint density at radius 1 is 1.16 bits per heavy atom. The van der Waals surface area contributed by atoms with E-state index in [1.165, 1.54) is 4.31 Å². The molecular weight excluding hydrogens is 340 g/mol. The van der Waals surface area contributed by atoms with E-state index in [-0.39, 0.29) is 23.9 Å². The number of methoxy groups -OCH3 is 1. The Morgan fingerprint density at radius 2 is 1.88 bits per heavy atom. The first kappa shape index (κ1) is 17.4. The highest BCUT2D eigenvalue weighted by Gasteiger charge is 2.39. The van der Waals surface area contributed by atoms with E-state index in [0.717, 1.165) is 5.56 Å². The van der Waals surface area contributed by atoms with Crippen LogP contribution in [0.3, 0.4) is 0 Å². The third-order valence-electron chi connectivity index (χ3n) is 4.20. The van der Waals surface area contributed by atoms with Crippen LogP contribution in [-0.2, 0) is 14.8 Å². The Labute approximate surface area is 147 Å². The molecule has 7 heteroatoms. The van der Waals surface area contributed by atoms with Gasteiger partial charge < -0.3 is 10.1 Å². The van der Waals surface area contributed by atoms with Crippen molar-refractivity contribution >= 4 is 15.9 Å². The number of carbonyl (C=O) groups excluding carboxylic acids is 1. The highest BCUT2D eigenvalue weighted by molar-refractivity contribution is 7.89. The predicted molar refractivity (Wildman–Crippen MR) is 93.8 cm³/mol. The number of hydrogen-bond acceptors (Lipinski definition) is 4. The molecular formula is C18H20N2O4S. The Balaban J connectivity index is 2.03. The van der Waals surface area contributed by atoms with Gasteiger partial charge in [-0.3, -0.25) is 4.79 Å². The fourth-order valence-corrected chi connectivity index (χ4v) is 4.60. The van der Waals surface area contributed by atoms with Crippen LogP contribution in [0.15, 0.2) is 53.4 Å². The van der Waals surface area contributed by atoms with Crippen LogP contribution < -0.4 is 10.1 Å². The fraction of sp³-hybridized carbons (Fsp3) is 0.278. The van der Waals surface area contributed by atoms with Gasteiger partial charge in [0.2, 0.25) is 15.9 Å². The molecule has 132 valence electrons. The number of amides is 1.